The van der Waals surface area contributed by atoms with E-state index < -0.39 is 0 Å². The Bertz CT molecular complexity index is 462. The van der Waals surface area contributed by atoms with Crippen molar-refractivity contribution >= 4 is 0 Å². The molecule has 0 spiro atoms. The van der Waals surface area contributed by atoms with Gasteiger partial charge in [-0.05, 0) is 17.2 Å². The molecule has 74 valence electrons. The Morgan fingerprint density at radius 2 is 1.87 bits per heavy atom. The molecule has 15 heavy (non-hydrogen) atoms. The molecule has 1 aromatic heterocycles. The number of pyridine rings is 1. The Morgan fingerprint density at radius 3 is 2.73 bits per heavy atom. The lowest BCUT2D eigenvalue weighted by molar-refractivity contribution is 0.280. The maximum atomic E-state index is 9.42. The van der Waals surface area contributed by atoms with E-state index in [1.807, 2.05) is 18.2 Å². The highest BCUT2D eigenvalue weighted by Gasteiger charge is 2.28. The molecular weight excluding hydrogens is 186 g/mol. The monoisotopic (exact) mass is 197 g/mol. The van der Waals surface area contributed by atoms with Crippen LogP contribution >= 0.6 is 0 Å². The zero-order valence-corrected chi connectivity index (χ0v) is 8.22. The maximum absolute atomic E-state index is 9.42. The van der Waals surface area contributed by atoms with Crippen molar-refractivity contribution in [2.24, 2.45) is 0 Å². The number of rotatable bonds is 1. The molecule has 1 aliphatic carbocycles. The van der Waals surface area contributed by atoms with Gasteiger partial charge in [0.25, 0.3) is 0 Å². The van der Waals surface area contributed by atoms with Gasteiger partial charge in [-0.3, -0.25) is 4.98 Å². The summed E-state index contributed by atoms with van der Waals surface area (Å²) in [6.07, 6.45) is 1.79. The molecule has 0 radical (unpaired) electrons. The van der Waals surface area contributed by atoms with Gasteiger partial charge < -0.3 is 5.11 Å². The van der Waals surface area contributed by atoms with Crippen LogP contribution in [0.5, 0.6) is 0 Å². The smallest absolute Gasteiger partial charge is 0.0580 e. The summed E-state index contributed by atoms with van der Waals surface area (Å²) in [7, 11) is 0. The zero-order chi connectivity index (χ0) is 10.3. The standard InChI is InChI=1S/C13H11NO/c15-8-12-10-5-2-1-4-9(10)11-6-3-7-14-13(11)12/h1-7,12,15H,8H2. The molecule has 0 saturated heterocycles. The highest BCUT2D eigenvalue weighted by atomic mass is 16.3. The van der Waals surface area contributed by atoms with Crippen molar-refractivity contribution in [2.75, 3.05) is 6.61 Å². The minimum atomic E-state index is 0.0531. The molecule has 0 aliphatic heterocycles. The van der Waals surface area contributed by atoms with Gasteiger partial charge in [0.1, 0.15) is 0 Å². The van der Waals surface area contributed by atoms with E-state index in [4.69, 9.17) is 0 Å². The average molecular weight is 197 g/mol. The molecule has 1 heterocycles. The molecule has 0 bridgehead atoms. The molecule has 1 aliphatic rings. The van der Waals surface area contributed by atoms with E-state index in [2.05, 4.69) is 23.2 Å². The third-order valence-electron chi connectivity index (χ3n) is 2.98. The van der Waals surface area contributed by atoms with E-state index in [1.54, 1.807) is 6.20 Å². The molecule has 1 N–H and O–H groups in total. The Balaban J connectivity index is 2.31. The lowest BCUT2D eigenvalue weighted by Crippen LogP contribution is -2.03. The van der Waals surface area contributed by atoms with Crippen molar-refractivity contribution in [3.8, 4) is 11.1 Å². The first-order valence-corrected chi connectivity index (χ1v) is 5.07. The Hall–Kier alpha value is -1.67. The van der Waals surface area contributed by atoms with Crippen LogP contribution in [-0.4, -0.2) is 16.7 Å². The first kappa shape index (κ1) is 8.62. The molecular formula is C13H11NO. The van der Waals surface area contributed by atoms with Crippen LogP contribution in [-0.2, 0) is 0 Å². The number of benzene rings is 1. The molecule has 1 aromatic carbocycles. The predicted molar refractivity (Wildman–Crippen MR) is 58.6 cm³/mol. The molecule has 2 nitrogen and oxygen atoms in total. The molecule has 0 fully saturated rings. The lowest BCUT2D eigenvalue weighted by Gasteiger charge is -2.07. The van der Waals surface area contributed by atoms with Crippen molar-refractivity contribution in [3.63, 3.8) is 0 Å². The first-order valence-electron chi connectivity index (χ1n) is 5.07. The molecule has 2 heteroatoms. The van der Waals surface area contributed by atoms with E-state index in [0.29, 0.717) is 0 Å². The van der Waals surface area contributed by atoms with Gasteiger partial charge in [-0.1, -0.05) is 30.3 Å². The van der Waals surface area contributed by atoms with Crippen LogP contribution in [0.3, 0.4) is 0 Å². The summed E-state index contributed by atoms with van der Waals surface area (Å²) < 4.78 is 0. The van der Waals surface area contributed by atoms with Crippen LogP contribution in [0.4, 0.5) is 0 Å². The third kappa shape index (κ3) is 1.12. The zero-order valence-electron chi connectivity index (χ0n) is 8.22. The van der Waals surface area contributed by atoms with E-state index in [1.165, 1.54) is 11.1 Å². The summed E-state index contributed by atoms with van der Waals surface area (Å²) in [6.45, 7) is 0.126. The second kappa shape index (κ2) is 3.17. The average Bonchev–Trinajstić information content (AvgIpc) is 2.63. The SMILES string of the molecule is OCC1c2ccccc2-c2cccnc21. The van der Waals surface area contributed by atoms with E-state index in [-0.39, 0.29) is 12.5 Å². The normalized spacial score (nSPS) is 17.3. The van der Waals surface area contributed by atoms with Gasteiger partial charge in [0.2, 0.25) is 0 Å². The summed E-state index contributed by atoms with van der Waals surface area (Å²) in [6, 6.07) is 12.2. The van der Waals surface area contributed by atoms with Crippen molar-refractivity contribution < 1.29 is 5.11 Å². The quantitative estimate of drug-likeness (QED) is 0.760. The largest absolute Gasteiger partial charge is 0.395 e. The third-order valence-corrected chi connectivity index (χ3v) is 2.98. The summed E-state index contributed by atoms with van der Waals surface area (Å²) >= 11 is 0. The number of aliphatic hydroxyl groups excluding tert-OH is 1. The fraction of sp³-hybridized carbons (Fsp3) is 0.154. The fourth-order valence-electron chi connectivity index (χ4n) is 2.30. The van der Waals surface area contributed by atoms with Gasteiger partial charge >= 0.3 is 0 Å². The highest BCUT2D eigenvalue weighted by Crippen LogP contribution is 2.42. The predicted octanol–water partition coefficient (Wildman–Crippen LogP) is 2.19. The van der Waals surface area contributed by atoms with Gasteiger partial charge in [-0.25, -0.2) is 0 Å². The van der Waals surface area contributed by atoms with Gasteiger partial charge in [-0.2, -0.15) is 0 Å². The van der Waals surface area contributed by atoms with Crippen molar-refractivity contribution in [3.05, 3.63) is 53.9 Å². The van der Waals surface area contributed by atoms with Gasteiger partial charge in [0.15, 0.2) is 0 Å². The van der Waals surface area contributed by atoms with Crippen LogP contribution in [0.15, 0.2) is 42.6 Å². The van der Waals surface area contributed by atoms with Crippen LogP contribution < -0.4 is 0 Å². The van der Waals surface area contributed by atoms with Gasteiger partial charge in [0.05, 0.1) is 18.2 Å². The van der Waals surface area contributed by atoms with Crippen LogP contribution in [0.2, 0.25) is 0 Å². The Labute approximate surface area is 88.2 Å². The molecule has 0 amide bonds. The number of aromatic nitrogens is 1. The van der Waals surface area contributed by atoms with E-state index in [0.717, 1.165) is 11.3 Å². The topological polar surface area (TPSA) is 33.1 Å². The summed E-state index contributed by atoms with van der Waals surface area (Å²) in [4.78, 5) is 4.37. The van der Waals surface area contributed by atoms with Crippen LogP contribution in [0.1, 0.15) is 17.2 Å². The van der Waals surface area contributed by atoms with Gasteiger partial charge in [0, 0.05) is 11.8 Å². The minimum absolute atomic E-state index is 0.0531. The Morgan fingerprint density at radius 1 is 1.07 bits per heavy atom. The van der Waals surface area contributed by atoms with E-state index >= 15 is 0 Å². The molecule has 1 atom stereocenters. The number of hydrogen-bond acceptors (Lipinski definition) is 2. The summed E-state index contributed by atoms with van der Waals surface area (Å²) in [5.41, 5.74) is 4.56. The van der Waals surface area contributed by atoms with Gasteiger partial charge in [-0.15, -0.1) is 0 Å². The molecule has 1 unspecified atom stereocenters. The maximum Gasteiger partial charge on any atom is 0.0580 e. The summed E-state index contributed by atoms with van der Waals surface area (Å²) in [5.74, 6) is 0.0531. The number of fused-ring (bicyclic) bond motifs is 3. The molecule has 3 rings (SSSR count). The molecule has 0 saturated carbocycles. The number of hydrogen-bond donors (Lipinski definition) is 1. The second-order valence-corrected chi connectivity index (χ2v) is 3.76. The van der Waals surface area contributed by atoms with Crippen LogP contribution in [0.25, 0.3) is 11.1 Å². The number of nitrogens with zero attached hydrogens (tertiary/aromatic N) is 1. The van der Waals surface area contributed by atoms with Crippen molar-refractivity contribution in [2.45, 2.75) is 5.92 Å². The fourth-order valence-corrected chi connectivity index (χ4v) is 2.30. The van der Waals surface area contributed by atoms with E-state index in [9.17, 15) is 5.11 Å². The first-order chi connectivity index (χ1) is 7.42. The lowest BCUT2D eigenvalue weighted by atomic mass is 10.0. The van der Waals surface area contributed by atoms with Crippen molar-refractivity contribution in [1.82, 2.24) is 4.98 Å². The highest BCUT2D eigenvalue weighted by molar-refractivity contribution is 5.77. The Kier molecular flexibility index (Phi) is 1.82. The number of aliphatic hydroxyl groups is 1. The minimum Gasteiger partial charge on any atom is -0.395 e. The van der Waals surface area contributed by atoms with Crippen LogP contribution in [0, 0.1) is 0 Å². The summed E-state index contributed by atoms with van der Waals surface area (Å²) in [5, 5.41) is 9.42. The van der Waals surface area contributed by atoms with Crippen molar-refractivity contribution in [1.29, 1.82) is 0 Å². The second-order valence-electron chi connectivity index (χ2n) is 3.76. The molecule has 2 aromatic rings.